The second kappa shape index (κ2) is 6.50. The predicted molar refractivity (Wildman–Crippen MR) is 111 cm³/mol. The van der Waals surface area contributed by atoms with Gasteiger partial charge in [-0.25, -0.2) is 4.98 Å². The summed E-state index contributed by atoms with van der Waals surface area (Å²) in [5, 5.41) is 3.30. The zero-order valence-electron chi connectivity index (χ0n) is 15.1. The molecule has 0 spiro atoms. The van der Waals surface area contributed by atoms with Crippen molar-refractivity contribution in [2.24, 2.45) is 23.2 Å². The molecule has 4 fully saturated rings. The number of amides is 1. The molecular weight excluding hydrogens is 437 g/mol. The summed E-state index contributed by atoms with van der Waals surface area (Å²) >= 11 is 2.37. The number of nitrogens with one attached hydrogen (secondary N) is 1. The number of hydrogen-bond acceptors (Lipinski definition) is 2. The fraction of sp³-hybridized carbons (Fsp3) is 0.619. The van der Waals surface area contributed by atoms with E-state index in [4.69, 9.17) is 0 Å². The van der Waals surface area contributed by atoms with Crippen molar-refractivity contribution in [3.63, 3.8) is 0 Å². The number of aryl methyl sites for hydroxylation is 1. The molecule has 4 bridgehead atoms. The molecule has 2 aromatic heterocycles. The topological polar surface area (TPSA) is 46.4 Å². The number of nitrogens with zero attached hydrogens (tertiary/aromatic N) is 2. The molecule has 5 heteroatoms. The summed E-state index contributed by atoms with van der Waals surface area (Å²) in [7, 11) is 0. The van der Waals surface area contributed by atoms with E-state index in [1.54, 1.807) is 0 Å². The van der Waals surface area contributed by atoms with Crippen LogP contribution in [0.15, 0.2) is 24.4 Å². The van der Waals surface area contributed by atoms with Crippen molar-refractivity contribution >= 4 is 34.1 Å². The lowest BCUT2D eigenvalue weighted by Crippen LogP contribution is -2.51. The second-order valence-electron chi connectivity index (χ2n) is 8.91. The molecule has 4 nitrogen and oxygen atoms in total. The number of hydrogen-bond donors (Lipinski definition) is 1. The van der Waals surface area contributed by atoms with E-state index in [9.17, 15) is 4.79 Å². The smallest absolute Gasteiger partial charge is 0.268 e. The SMILES string of the molecule is O=C(NCC12CC3CC(CC(C3)C1)C2)c1cccc2nc(CCI)cn12. The first-order chi connectivity index (χ1) is 12.6. The summed E-state index contributed by atoms with van der Waals surface area (Å²) in [6.07, 6.45) is 11.3. The Bertz CT molecular complexity index is 808. The highest BCUT2D eigenvalue weighted by Crippen LogP contribution is 2.59. The molecule has 1 N–H and O–H groups in total. The maximum atomic E-state index is 13.0. The molecule has 4 saturated carbocycles. The normalized spacial score (nSPS) is 32.3. The van der Waals surface area contributed by atoms with Crippen molar-refractivity contribution in [3.8, 4) is 0 Å². The molecule has 2 aromatic rings. The highest BCUT2D eigenvalue weighted by molar-refractivity contribution is 14.1. The minimum absolute atomic E-state index is 0.0461. The molecule has 0 aliphatic heterocycles. The van der Waals surface area contributed by atoms with Gasteiger partial charge in [0.2, 0.25) is 0 Å². The van der Waals surface area contributed by atoms with Crippen molar-refractivity contribution in [1.82, 2.24) is 14.7 Å². The molecule has 0 radical (unpaired) electrons. The first kappa shape index (κ1) is 17.0. The van der Waals surface area contributed by atoms with Crippen LogP contribution in [-0.4, -0.2) is 26.3 Å². The van der Waals surface area contributed by atoms with Gasteiger partial charge in [-0.3, -0.25) is 9.20 Å². The minimum Gasteiger partial charge on any atom is -0.350 e. The van der Waals surface area contributed by atoms with Gasteiger partial charge in [0.05, 0.1) is 5.69 Å². The third-order valence-electron chi connectivity index (χ3n) is 6.91. The molecule has 0 saturated heterocycles. The molecular formula is C21H26IN3O. The van der Waals surface area contributed by atoms with Crippen LogP contribution < -0.4 is 5.32 Å². The Morgan fingerprint density at radius 3 is 2.54 bits per heavy atom. The van der Waals surface area contributed by atoms with Crippen molar-refractivity contribution in [1.29, 1.82) is 0 Å². The quantitative estimate of drug-likeness (QED) is 0.532. The van der Waals surface area contributed by atoms with E-state index in [2.05, 4.69) is 32.9 Å². The van der Waals surface area contributed by atoms with Crippen LogP contribution in [0.5, 0.6) is 0 Å². The number of aromatic nitrogens is 2. The summed E-state index contributed by atoms with van der Waals surface area (Å²) < 4.78 is 2.99. The molecule has 4 aliphatic rings. The maximum Gasteiger partial charge on any atom is 0.268 e. The summed E-state index contributed by atoms with van der Waals surface area (Å²) in [6, 6.07) is 5.83. The number of alkyl halides is 1. The first-order valence-corrected chi connectivity index (χ1v) is 11.5. The second-order valence-corrected chi connectivity index (χ2v) is 9.99. The van der Waals surface area contributed by atoms with Crippen LogP contribution in [0.2, 0.25) is 0 Å². The third kappa shape index (κ3) is 2.96. The van der Waals surface area contributed by atoms with E-state index < -0.39 is 0 Å². The zero-order valence-corrected chi connectivity index (χ0v) is 17.2. The van der Waals surface area contributed by atoms with Crippen LogP contribution in [0.25, 0.3) is 5.65 Å². The molecule has 1 amide bonds. The number of fused-ring (bicyclic) bond motifs is 1. The summed E-state index contributed by atoms with van der Waals surface area (Å²) in [6.45, 7) is 0.848. The van der Waals surface area contributed by atoms with Gasteiger partial charge in [-0.2, -0.15) is 0 Å². The predicted octanol–water partition coefficient (Wildman–Crippen LogP) is 4.26. The van der Waals surface area contributed by atoms with E-state index in [0.717, 1.165) is 46.5 Å². The highest BCUT2D eigenvalue weighted by atomic mass is 127. The van der Waals surface area contributed by atoms with E-state index in [-0.39, 0.29) is 5.91 Å². The maximum absolute atomic E-state index is 13.0. The van der Waals surface area contributed by atoms with E-state index >= 15 is 0 Å². The van der Waals surface area contributed by atoms with E-state index in [1.165, 1.54) is 38.5 Å². The van der Waals surface area contributed by atoms with Crippen LogP contribution in [-0.2, 0) is 6.42 Å². The van der Waals surface area contributed by atoms with Gasteiger partial charge in [0, 0.05) is 23.6 Å². The number of halogens is 1. The van der Waals surface area contributed by atoms with Gasteiger partial charge >= 0.3 is 0 Å². The number of pyridine rings is 1. The Labute approximate surface area is 168 Å². The summed E-state index contributed by atoms with van der Waals surface area (Å²) in [5.74, 6) is 2.81. The van der Waals surface area contributed by atoms with Gasteiger partial charge in [-0.1, -0.05) is 28.7 Å². The van der Waals surface area contributed by atoms with Crippen molar-refractivity contribution < 1.29 is 4.79 Å². The van der Waals surface area contributed by atoms with Gasteiger partial charge in [-0.15, -0.1) is 0 Å². The average molecular weight is 463 g/mol. The minimum atomic E-state index is 0.0461. The lowest BCUT2D eigenvalue weighted by atomic mass is 9.49. The van der Waals surface area contributed by atoms with Crippen LogP contribution in [0, 0.1) is 23.2 Å². The van der Waals surface area contributed by atoms with Gasteiger partial charge in [0.15, 0.2) is 0 Å². The fourth-order valence-electron chi connectivity index (χ4n) is 6.33. The van der Waals surface area contributed by atoms with Crippen LogP contribution in [0.3, 0.4) is 0 Å². The van der Waals surface area contributed by atoms with Crippen molar-refractivity contribution in [3.05, 3.63) is 35.8 Å². The first-order valence-electron chi connectivity index (χ1n) is 9.95. The Kier molecular flexibility index (Phi) is 4.25. The third-order valence-corrected chi connectivity index (χ3v) is 7.45. The molecule has 0 atom stereocenters. The Balaban J connectivity index is 1.34. The standard InChI is InChI=1S/C21H26IN3O/c22-5-4-17-12-25-18(2-1-3-19(25)24-17)20(26)23-13-21-9-14-6-15(10-21)8-16(7-14)11-21/h1-3,12,14-16H,4-11,13H2,(H,23,26). The van der Waals surface area contributed by atoms with Gasteiger partial charge in [0.25, 0.3) is 5.91 Å². The van der Waals surface area contributed by atoms with Crippen LogP contribution >= 0.6 is 22.6 Å². The van der Waals surface area contributed by atoms with E-state index in [0.29, 0.717) is 11.1 Å². The van der Waals surface area contributed by atoms with Gasteiger partial charge in [-0.05, 0) is 73.8 Å². The number of carbonyl (C=O) groups is 1. The Morgan fingerprint density at radius 1 is 1.19 bits per heavy atom. The lowest BCUT2D eigenvalue weighted by molar-refractivity contribution is -0.0503. The number of rotatable bonds is 5. The number of imidazole rings is 1. The Morgan fingerprint density at radius 2 is 1.88 bits per heavy atom. The van der Waals surface area contributed by atoms with Crippen molar-refractivity contribution in [2.45, 2.75) is 44.9 Å². The number of carbonyl (C=O) groups excluding carboxylic acids is 1. The highest BCUT2D eigenvalue weighted by Gasteiger charge is 2.50. The fourth-order valence-corrected chi connectivity index (χ4v) is 6.88. The average Bonchev–Trinajstić information content (AvgIpc) is 3.01. The molecule has 138 valence electrons. The largest absolute Gasteiger partial charge is 0.350 e. The Hall–Kier alpha value is -1.11. The van der Waals surface area contributed by atoms with E-state index in [1.807, 2.05) is 28.8 Å². The van der Waals surface area contributed by atoms with Crippen molar-refractivity contribution in [2.75, 3.05) is 11.0 Å². The molecule has 2 heterocycles. The van der Waals surface area contributed by atoms with Crippen LogP contribution in [0.1, 0.15) is 54.7 Å². The molecule has 26 heavy (non-hydrogen) atoms. The summed E-state index contributed by atoms with van der Waals surface area (Å²) in [4.78, 5) is 17.6. The zero-order chi connectivity index (χ0) is 17.7. The van der Waals surface area contributed by atoms with Gasteiger partial charge < -0.3 is 5.32 Å². The molecule has 0 aromatic carbocycles. The molecule has 4 aliphatic carbocycles. The molecule has 0 unspecified atom stereocenters. The lowest BCUT2D eigenvalue weighted by Gasteiger charge is -2.56. The summed E-state index contributed by atoms with van der Waals surface area (Å²) in [5.41, 5.74) is 3.01. The monoisotopic (exact) mass is 463 g/mol. The molecule has 6 rings (SSSR count). The van der Waals surface area contributed by atoms with Gasteiger partial charge in [0.1, 0.15) is 11.3 Å². The van der Waals surface area contributed by atoms with Crippen LogP contribution in [0.4, 0.5) is 0 Å².